The molecule has 2 aromatic rings. The Morgan fingerprint density at radius 1 is 1.50 bits per heavy atom. The average molecular weight is 239 g/mol. The molecule has 2 rings (SSSR count). The Labute approximate surface area is 93.5 Å². The predicted molar refractivity (Wildman–Crippen MR) is 58.6 cm³/mol. The van der Waals surface area contributed by atoms with Crippen molar-refractivity contribution in [3.8, 4) is 11.3 Å². The number of nitrogens with two attached hydrogens (primary N) is 1. The zero-order chi connectivity index (χ0) is 11.7. The minimum Gasteiger partial charge on any atom is -0.375 e. The van der Waals surface area contributed by atoms with Crippen LogP contribution in [0.1, 0.15) is 0 Å². The van der Waals surface area contributed by atoms with E-state index in [4.69, 9.17) is 5.73 Å². The molecule has 1 aromatic heterocycles. The molecule has 16 heavy (non-hydrogen) atoms. The van der Waals surface area contributed by atoms with Crippen LogP contribution < -0.4 is 5.73 Å². The molecular formula is C9H6FN3O2S. The van der Waals surface area contributed by atoms with Crippen LogP contribution in [0.25, 0.3) is 11.3 Å². The fraction of sp³-hybridized carbons (Fsp3) is 0. The SMILES string of the molecule is Nc1nc(-c2ccc(F)c([N+](=O)[O-])c2)cs1. The fourth-order valence-corrected chi connectivity index (χ4v) is 1.80. The third-order valence-electron chi connectivity index (χ3n) is 1.96. The molecule has 0 fully saturated rings. The van der Waals surface area contributed by atoms with Gasteiger partial charge in [0.05, 0.1) is 10.6 Å². The molecule has 7 heteroatoms. The van der Waals surface area contributed by atoms with Gasteiger partial charge < -0.3 is 5.73 Å². The number of hydrogen-bond acceptors (Lipinski definition) is 5. The van der Waals surface area contributed by atoms with E-state index in [2.05, 4.69) is 4.98 Å². The lowest BCUT2D eigenvalue weighted by molar-refractivity contribution is -0.387. The number of nitro benzene ring substituents is 1. The molecule has 5 nitrogen and oxygen atoms in total. The molecule has 0 saturated carbocycles. The lowest BCUT2D eigenvalue weighted by Gasteiger charge is -1.97. The van der Waals surface area contributed by atoms with E-state index in [0.717, 1.165) is 12.1 Å². The van der Waals surface area contributed by atoms with Crippen molar-refractivity contribution in [1.29, 1.82) is 0 Å². The molecule has 0 aliphatic heterocycles. The van der Waals surface area contributed by atoms with Gasteiger partial charge >= 0.3 is 5.69 Å². The Bertz CT molecular complexity index is 555. The molecule has 2 N–H and O–H groups in total. The van der Waals surface area contributed by atoms with Gasteiger partial charge in [0.1, 0.15) is 0 Å². The van der Waals surface area contributed by atoms with Crippen LogP contribution in [0.3, 0.4) is 0 Å². The molecule has 0 bridgehead atoms. The van der Waals surface area contributed by atoms with Crippen LogP contribution in [-0.4, -0.2) is 9.91 Å². The summed E-state index contributed by atoms with van der Waals surface area (Å²) in [5.74, 6) is -0.864. The van der Waals surface area contributed by atoms with Gasteiger partial charge in [0.2, 0.25) is 5.82 Å². The van der Waals surface area contributed by atoms with Gasteiger partial charge in [-0.25, -0.2) is 4.98 Å². The summed E-state index contributed by atoms with van der Waals surface area (Å²) < 4.78 is 13.1. The molecule has 0 atom stereocenters. The third-order valence-corrected chi connectivity index (χ3v) is 2.63. The molecule has 1 heterocycles. The van der Waals surface area contributed by atoms with Crippen LogP contribution in [0.5, 0.6) is 0 Å². The second kappa shape index (κ2) is 3.86. The van der Waals surface area contributed by atoms with E-state index in [1.165, 1.54) is 17.4 Å². The smallest absolute Gasteiger partial charge is 0.305 e. The summed E-state index contributed by atoms with van der Waals surface area (Å²) >= 11 is 1.22. The summed E-state index contributed by atoms with van der Waals surface area (Å²) in [6.45, 7) is 0. The highest BCUT2D eigenvalue weighted by Gasteiger charge is 2.15. The molecule has 82 valence electrons. The van der Waals surface area contributed by atoms with E-state index in [-0.39, 0.29) is 0 Å². The second-order valence-corrected chi connectivity index (χ2v) is 3.88. The van der Waals surface area contributed by atoms with Gasteiger partial charge in [-0.05, 0) is 12.1 Å². The Kier molecular flexibility index (Phi) is 2.53. The zero-order valence-corrected chi connectivity index (χ0v) is 8.70. The second-order valence-electron chi connectivity index (χ2n) is 2.99. The first kappa shape index (κ1) is 10.5. The number of benzene rings is 1. The van der Waals surface area contributed by atoms with Crippen molar-refractivity contribution in [1.82, 2.24) is 4.98 Å². The minimum atomic E-state index is -0.864. The van der Waals surface area contributed by atoms with Crippen molar-refractivity contribution in [2.75, 3.05) is 5.73 Å². The number of hydrogen-bond donors (Lipinski definition) is 1. The van der Waals surface area contributed by atoms with Crippen LogP contribution in [0.2, 0.25) is 0 Å². The van der Waals surface area contributed by atoms with Crippen molar-refractivity contribution in [3.63, 3.8) is 0 Å². The van der Waals surface area contributed by atoms with Gasteiger partial charge in [-0.15, -0.1) is 11.3 Å². The monoisotopic (exact) mass is 239 g/mol. The van der Waals surface area contributed by atoms with Gasteiger partial charge in [0.25, 0.3) is 0 Å². The van der Waals surface area contributed by atoms with E-state index < -0.39 is 16.4 Å². The molecule has 0 radical (unpaired) electrons. The topological polar surface area (TPSA) is 82.0 Å². The number of halogens is 1. The average Bonchev–Trinajstić information content (AvgIpc) is 2.65. The first-order valence-electron chi connectivity index (χ1n) is 4.23. The lowest BCUT2D eigenvalue weighted by Crippen LogP contribution is -1.93. The van der Waals surface area contributed by atoms with Crippen LogP contribution >= 0.6 is 11.3 Å². The largest absolute Gasteiger partial charge is 0.375 e. The predicted octanol–water partition coefficient (Wildman–Crippen LogP) is 2.44. The molecular weight excluding hydrogens is 233 g/mol. The molecule has 0 saturated heterocycles. The Morgan fingerprint density at radius 2 is 2.25 bits per heavy atom. The molecule has 0 spiro atoms. The van der Waals surface area contributed by atoms with Crippen molar-refractivity contribution < 1.29 is 9.31 Å². The van der Waals surface area contributed by atoms with E-state index in [1.807, 2.05) is 0 Å². The molecule has 0 aliphatic rings. The summed E-state index contributed by atoms with van der Waals surface area (Å²) in [6.07, 6.45) is 0. The van der Waals surface area contributed by atoms with E-state index in [9.17, 15) is 14.5 Å². The van der Waals surface area contributed by atoms with Crippen molar-refractivity contribution in [3.05, 3.63) is 39.5 Å². The van der Waals surface area contributed by atoms with Crippen molar-refractivity contribution in [2.24, 2.45) is 0 Å². The van der Waals surface area contributed by atoms with Crippen LogP contribution in [0.15, 0.2) is 23.6 Å². The van der Waals surface area contributed by atoms with Crippen molar-refractivity contribution >= 4 is 22.2 Å². The van der Waals surface area contributed by atoms with Gasteiger partial charge in [-0.1, -0.05) is 0 Å². The van der Waals surface area contributed by atoms with E-state index >= 15 is 0 Å². The Morgan fingerprint density at radius 3 is 2.81 bits per heavy atom. The number of aromatic nitrogens is 1. The molecule has 0 amide bonds. The summed E-state index contributed by atoms with van der Waals surface area (Å²) in [5, 5.41) is 12.6. The first-order valence-corrected chi connectivity index (χ1v) is 5.11. The number of anilines is 1. The maximum atomic E-state index is 13.1. The number of nitro groups is 1. The zero-order valence-electron chi connectivity index (χ0n) is 7.88. The van der Waals surface area contributed by atoms with Gasteiger partial charge in [-0.2, -0.15) is 4.39 Å². The highest BCUT2D eigenvalue weighted by atomic mass is 32.1. The summed E-state index contributed by atoms with van der Waals surface area (Å²) in [7, 11) is 0. The van der Waals surface area contributed by atoms with Crippen LogP contribution in [0, 0.1) is 15.9 Å². The quantitative estimate of drug-likeness (QED) is 0.644. The number of rotatable bonds is 2. The molecule has 1 aromatic carbocycles. The molecule has 0 unspecified atom stereocenters. The van der Waals surface area contributed by atoms with E-state index in [1.54, 1.807) is 5.38 Å². The van der Waals surface area contributed by atoms with Crippen LogP contribution in [0.4, 0.5) is 15.2 Å². The van der Waals surface area contributed by atoms with Gasteiger partial charge in [0.15, 0.2) is 5.13 Å². The summed E-state index contributed by atoms with van der Waals surface area (Å²) in [6, 6.07) is 3.61. The van der Waals surface area contributed by atoms with Crippen molar-refractivity contribution in [2.45, 2.75) is 0 Å². The third kappa shape index (κ3) is 1.84. The molecule has 0 aliphatic carbocycles. The minimum absolute atomic E-state index is 0.363. The Balaban J connectivity index is 2.51. The highest BCUT2D eigenvalue weighted by Crippen LogP contribution is 2.27. The highest BCUT2D eigenvalue weighted by molar-refractivity contribution is 7.13. The van der Waals surface area contributed by atoms with Gasteiger partial charge in [0, 0.05) is 17.0 Å². The lowest BCUT2D eigenvalue weighted by atomic mass is 10.1. The van der Waals surface area contributed by atoms with E-state index in [0.29, 0.717) is 16.4 Å². The number of nitrogens with zero attached hydrogens (tertiary/aromatic N) is 2. The standard InChI is InChI=1S/C9H6FN3O2S/c10-6-2-1-5(3-8(6)13(14)15)7-4-16-9(11)12-7/h1-4H,(H2,11,12). The van der Waals surface area contributed by atoms with Crippen LogP contribution in [-0.2, 0) is 0 Å². The maximum Gasteiger partial charge on any atom is 0.305 e. The summed E-state index contributed by atoms with van der Waals surface area (Å²) in [5.41, 5.74) is 5.86. The first-order chi connectivity index (χ1) is 7.58. The normalized spacial score (nSPS) is 10.3. The Hall–Kier alpha value is -2.02. The fourth-order valence-electron chi connectivity index (χ4n) is 1.23. The number of thiazole rings is 1. The van der Waals surface area contributed by atoms with Gasteiger partial charge in [-0.3, -0.25) is 10.1 Å². The summed E-state index contributed by atoms with van der Waals surface area (Å²) in [4.78, 5) is 13.7. The maximum absolute atomic E-state index is 13.1. The number of nitrogen functional groups attached to an aromatic ring is 1.